The third kappa shape index (κ3) is 3.39. The van der Waals surface area contributed by atoms with Crippen LogP contribution in [0.1, 0.15) is 6.92 Å². The monoisotopic (exact) mass is 339 g/mol. The van der Waals surface area contributed by atoms with Gasteiger partial charge in [0.15, 0.2) is 11.5 Å². The van der Waals surface area contributed by atoms with Crippen molar-refractivity contribution in [3.8, 4) is 11.5 Å². The predicted molar refractivity (Wildman–Crippen MR) is 86.2 cm³/mol. The van der Waals surface area contributed by atoms with E-state index < -0.39 is 15.8 Å². The van der Waals surface area contributed by atoms with Crippen LogP contribution in [-0.2, 0) is 10.0 Å². The Balaban J connectivity index is 2.51. The summed E-state index contributed by atoms with van der Waals surface area (Å²) in [6.07, 6.45) is 0. The molecule has 2 aromatic rings. The molecular formula is C16H18FNO4S. The van der Waals surface area contributed by atoms with Crippen LogP contribution in [0.3, 0.4) is 0 Å². The van der Waals surface area contributed by atoms with Crippen LogP contribution in [-0.4, -0.2) is 29.2 Å². The zero-order valence-corrected chi connectivity index (χ0v) is 13.9. The van der Waals surface area contributed by atoms with Crippen molar-refractivity contribution in [2.45, 2.75) is 11.8 Å². The highest BCUT2D eigenvalue weighted by Gasteiger charge is 2.25. The lowest BCUT2D eigenvalue weighted by molar-refractivity contribution is 0.354. The van der Waals surface area contributed by atoms with Crippen molar-refractivity contribution in [3.05, 3.63) is 48.3 Å². The molecule has 0 bridgehead atoms. The minimum absolute atomic E-state index is 0.0428. The second-order valence-corrected chi connectivity index (χ2v) is 6.53. The number of halogens is 1. The van der Waals surface area contributed by atoms with Gasteiger partial charge in [-0.3, -0.25) is 4.31 Å². The molecule has 124 valence electrons. The maximum absolute atomic E-state index is 13.4. The average molecular weight is 339 g/mol. The minimum Gasteiger partial charge on any atom is -0.493 e. The van der Waals surface area contributed by atoms with Crippen LogP contribution < -0.4 is 13.8 Å². The van der Waals surface area contributed by atoms with Gasteiger partial charge in [-0.1, -0.05) is 6.07 Å². The first-order valence-electron chi connectivity index (χ1n) is 6.94. The molecule has 2 rings (SSSR count). The smallest absolute Gasteiger partial charge is 0.264 e. The van der Waals surface area contributed by atoms with Crippen molar-refractivity contribution in [2.24, 2.45) is 0 Å². The molecule has 23 heavy (non-hydrogen) atoms. The summed E-state index contributed by atoms with van der Waals surface area (Å²) in [5.74, 6) is 0.243. The summed E-state index contributed by atoms with van der Waals surface area (Å²) in [6.45, 7) is 1.85. The number of anilines is 1. The molecular weight excluding hydrogens is 321 g/mol. The molecule has 0 saturated heterocycles. The fourth-order valence-corrected chi connectivity index (χ4v) is 3.71. The molecule has 0 N–H and O–H groups in total. The molecule has 0 atom stereocenters. The molecule has 0 unspecified atom stereocenters. The summed E-state index contributed by atoms with van der Waals surface area (Å²) < 4.78 is 50.5. The van der Waals surface area contributed by atoms with E-state index in [0.717, 1.165) is 4.31 Å². The molecule has 2 aromatic carbocycles. The van der Waals surface area contributed by atoms with Gasteiger partial charge in [0.25, 0.3) is 10.0 Å². The number of nitrogens with zero attached hydrogens (tertiary/aromatic N) is 1. The van der Waals surface area contributed by atoms with Crippen molar-refractivity contribution in [1.29, 1.82) is 0 Å². The maximum Gasteiger partial charge on any atom is 0.264 e. The van der Waals surface area contributed by atoms with Gasteiger partial charge in [-0.25, -0.2) is 12.8 Å². The van der Waals surface area contributed by atoms with Crippen molar-refractivity contribution in [2.75, 3.05) is 25.1 Å². The molecule has 0 spiro atoms. The maximum atomic E-state index is 13.4. The van der Waals surface area contributed by atoms with Crippen molar-refractivity contribution in [3.63, 3.8) is 0 Å². The van der Waals surface area contributed by atoms with Gasteiger partial charge in [-0.2, -0.15) is 0 Å². The lowest BCUT2D eigenvalue weighted by Crippen LogP contribution is -2.30. The molecule has 0 fully saturated rings. The van der Waals surface area contributed by atoms with Crippen LogP contribution in [0.25, 0.3) is 0 Å². The Kier molecular flexibility index (Phi) is 5.10. The Hall–Kier alpha value is -2.28. The van der Waals surface area contributed by atoms with Gasteiger partial charge in [-0.05, 0) is 37.3 Å². The standard InChI is InChI=1S/C16H18FNO4S/c1-4-18(13-7-5-6-12(17)10-13)23(19,20)14-8-9-15(21-2)16(11-14)22-3/h5-11H,4H2,1-3H3. The minimum atomic E-state index is -3.85. The van der Waals surface area contributed by atoms with E-state index in [1.54, 1.807) is 13.0 Å². The average Bonchev–Trinajstić information content (AvgIpc) is 2.54. The Bertz CT molecular complexity index is 792. The summed E-state index contributed by atoms with van der Waals surface area (Å²) >= 11 is 0. The highest BCUT2D eigenvalue weighted by molar-refractivity contribution is 7.92. The Morgan fingerprint density at radius 2 is 1.74 bits per heavy atom. The third-order valence-corrected chi connectivity index (χ3v) is 5.23. The molecule has 0 aliphatic rings. The zero-order chi connectivity index (χ0) is 17.0. The molecule has 0 radical (unpaired) electrons. The summed E-state index contributed by atoms with van der Waals surface area (Å²) in [7, 11) is -0.949. The Labute approximate surface area is 135 Å². The van der Waals surface area contributed by atoms with Crippen LogP contribution in [0.2, 0.25) is 0 Å². The normalized spacial score (nSPS) is 11.1. The lowest BCUT2D eigenvalue weighted by atomic mass is 10.3. The van der Waals surface area contributed by atoms with Crippen molar-refractivity contribution < 1.29 is 22.3 Å². The molecule has 7 heteroatoms. The summed E-state index contributed by atoms with van der Waals surface area (Å²) in [4.78, 5) is 0.0428. The number of rotatable bonds is 6. The molecule has 0 saturated carbocycles. The number of sulfonamides is 1. The SMILES string of the molecule is CCN(c1cccc(F)c1)S(=O)(=O)c1ccc(OC)c(OC)c1. The highest BCUT2D eigenvalue weighted by Crippen LogP contribution is 2.32. The van der Waals surface area contributed by atoms with E-state index in [2.05, 4.69) is 0 Å². The van der Waals surface area contributed by atoms with E-state index >= 15 is 0 Å². The predicted octanol–water partition coefficient (Wildman–Crippen LogP) is 3.06. The number of methoxy groups -OCH3 is 2. The third-order valence-electron chi connectivity index (χ3n) is 3.33. The van der Waals surface area contributed by atoms with Crippen LogP contribution in [0.4, 0.5) is 10.1 Å². The van der Waals surface area contributed by atoms with E-state index in [4.69, 9.17) is 9.47 Å². The second-order valence-electron chi connectivity index (χ2n) is 4.67. The first-order chi connectivity index (χ1) is 10.9. The summed E-state index contributed by atoms with van der Waals surface area (Å²) in [5, 5.41) is 0. The van der Waals surface area contributed by atoms with Crippen molar-refractivity contribution in [1.82, 2.24) is 0 Å². The van der Waals surface area contributed by atoms with E-state index in [9.17, 15) is 12.8 Å². The Morgan fingerprint density at radius 3 is 2.30 bits per heavy atom. The first kappa shape index (κ1) is 17.1. The van der Waals surface area contributed by atoms with Crippen molar-refractivity contribution >= 4 is 15.7 Å². The number of hydrogen-bond donors (Lipinski definition) is 0. The van der Waals surface area contributed by atoms with Gasteiger partial charge in [0.1, 0.15) is 5.82 Å². The molecule has 0 heterocycles. The Morgan fingerprint density at radius 1 is 1.04 bits per heavy atom. The number of benzene rings is 2. The zero-order valence-electron chi connectivity index (χ0n) is 13.1. The molecule has 0 aromatic heterocycles. The summed E-state index contributed by atoms with van der Waals surface area (Å²) in [6, 6.07) is 9.80. The van der Waals surface area contributed by atoms with Crippen LogP contribution >= 0.6 is 0 Å². The molecule has 0 aliphatic heterocycles. The van der Waals surface area contributed by atoms with Gasteiger partial charge < -0.3 is 9.47 Å². The second kappa shape index (κ2) is 6.87. The topological polar surface area (TPSA) is 55.8 Å². The van der Waals surface area contributed by atoms with Gasteiger partial charge in [0.05, 0.1) is 24.8 Å². The van der Waals surface area contributed by atoms with Crippen LogP contribution in [0, 0.1) is 5.82 Å². The lowest BCUT2D eigenvalue weighted by Gasteiger charge is -2.23. The molecule has 5 nitrogen and oxygen atoms in total. The van der Waals surface area contributed by atoms with Gasteiger partial charge in [-0.15, -0.1) is 0 Å². The number of hydrogen-bond acceptors (Lipinski definition) is 4. The van der Waals surface area contributed by atoms with E-state index in [0.29, 0.717) is 11.5 Å². The highest BCUT2D eigenvalue weighted by atomic mass is 32.2. The van der Waals surface area contributed by atoms with E-state index in [-0.39, 0.29) is 17.1 Å². The molecule has 0 amide bonds. The first-order valence-corrected chi connectivity index (χ1v) is 8.38. The fraction of sp³-hybridized carbons (Fsp3) is 0.250. The van der Waals surface area contributed by atoms with Gasteiger partial charge in [0.2, 0.25) is 0 Å². The fourth-order valence-electron chi connectivity index (χ4n) is 2.23. The molecule has 0 aliphatic carbocycles. The van der Waals surface area contributed by atoms with Gasteiger partial charge >= 0.3 is 0 Å². The van der Waals surface area contributed by atoms with E-state index in [1.165, 1.54) is 50.6 Å². The quantitative estimate of drug-likeness (QED) is 0.812. The van der Waals surface area contributed by atoms with Crippen LogP contribution in [0.15, 0.2) is 47.4 Å². The van der Waals surface area contributed by atoms with E-state index in [1.807, 2.05) is 0 Å². The number of ether oxygens (including phenoxy) is 2. The van der Waals surface area contributed by atoms with Gasteiger partial charge in [0, 0.05) is 12.6 Å². The van der Waals surface area contributed by atoms with Crippen LogP contribution in [0.5, 0.6) is 11.5 Å². The largest absolute Gasteiger partial charge is 0.493 e. The summed E-state index contributed by atoms with van der Waals surface area (Å²) in [5.41, 5.74) is 0.266.